The van der Waals surface area contributed by atoms with Gasteiger partial charge in [0.05, 0.1) is 28.0 Å². The number of nitrogens with one attached hydrogen (secondary N) is 1. The summed E-state index contributed by atoms with van der Waals surface area (Å²) in [6, 6.07) is -0.0265. The van der Waals surface area contributed by atoms with Crippen LogP contribution in [0.4, 0.5) is 4.79 Å². The van der Waals surface area contributed by atoms with E-state index in [-0.39, 0.29) is 17.9 Å². The number of halogens is 1. The van der Waals surface area contributed by atoms with Crippen molar-refractivity contribution in [3.8, 4) is 0 Å². The zero-order valence-corrected chi connectivity index (χ0v) is 15.1. The van der Waals surface area contributed by atoms with Crippen LogP contribution in [-0.2, 0) is 20.7 Å². The molecule has 1 N–H and O–H groups in total. The van der Waals surface area contributed by atoms with Gasteiger partial charge < -0.3 is 14.8 Å². The monoisotopic (exact) mass is 390 g/mol. The Labute approximate surface area is 141 Å². The highest BCUT2D eigenvalue weighted by atomic mass is 79.9. The van der Waals surface area contributed by atoms with E-state index in [1.165, 1.54) is 18.4 Å². The van der Waals surface area contributed by atoms with Gasteiger partial charge in [0.1, 0.15) is 5.60 Å². The van der Waals surface area contributed by atoms with Gasteiger partial charge in [-0.25, -0.2) is 9.78 Å². The number of nitrogens with zero attached hydrogens (tertiary/aromatic N) is 1. The zero-order valence-electron chi connectivity index (χ0n) is 12.7. The molecule has 2 rings (SSSR count). The maximum atomic E-state index is 11.9. The third kappa shape index (κ3) is 4.67. The van der Waals surface area contributed by atoms with Crippen LogP contribution in [0.15, 0.2) is 9.98 Å². The highest BCUT2D eigenvalue weighted by Gasteiger charge is 2.37. The lowest BCUT2D eigenvalue weighted by Gasteiger charge is -2.34. The Bertz CT molecular complexity index is 555. The second-order valence-electron chi connectivity index (χ2n) is 5.92. The van der Waals surface area contributed by atoms with Crippen molar-refractivity contribution in [2.75, 3.05) is 7.11 Å². The number of amides is 1. The van der Waals surface area contributed by atoms with Crippen molar-refractivity contribution in [3.63, 3.8) is 0 Å². The molecule has 1 saturated carbocycles. The number of hydrogen-bond acceptors (Lipinski definition) is 6. The number of thiazole rings is 1. The van der Waals surface area contributed by atoms with E-state index < -0.39 is 11.7 Å². The molecule has 6 nitrogen and oxygen atoms in total. The summed E-state index contributed by atoms with van der Waals surface area (Å²) in [6.45, 7) is 3.69. The Balaban J connectivity index is 1.76. The Morgan fingerprint density at radius 3 is 2.73 bits per heavy atom. The minimum atomic E-state index is -0.646. The number of ether oxygens (including phenoxy) is 2. The fraction of sp³-hybridized carbons (Fsp3) is 0.643. The predicted octanol–water partition coefficient (Wildman–Crippen LogP) is 2.90. The van der Waals surface area contributed by atoms with E-state index in [2.05, 4.69) is 31.0 Å². The number of methoxy groups -OCH3 is 1. The lowest BCUT2D eigenvalue weighted by molar-refractivity contribution is -0.149. The van der Waals surface area contributed by atoms with E-state index in [0.717, 1.165) is 8.79 Å². The van der Waals surface area contributed by atoms with Crippen molar-refractivity contribution in [3.05, 3.63) is 15.0 Å². The summed E-state index contributed by atoms with van der Waals surface area (Å²) in [6.07, 6.45) is 3.02. The number of hydrogen-bond donors (Lipinski definition) is 1. The summed E-state index contributed by atoms with van der Waals surface area (Å²) >= 11 is 4.88. The highest BCUT2D eigenvalue weighted by Crippen LogP contribution is 2.29. The van der Waals surface area contributed by atoms with E-state index in [1.807, 2.05) is 13.8 Å². The Kier molecular flexibility index (Phi) is 5.44. The first-order valence-electron chi connectivity index (χ1n) is 6.96. The van der Waals surface area contributed by atoms with Crippen LogP contribution in [0.5, 0.6) is 0 Å². The van der Waals surface area contributed by atoms with E-state index in [0.29, 0.717) is 19.3 Å². The van der Waals surface area contributed by atoms with Crippen LogP contribution in [0.1, 0.15) is 31.7 Å². The molecule has 22 heavy (non-hydrogen) atoms. The van der Waals surface area contributed by atoms with Crippen molar-refractivity contribution in [2.45, 2.75) is 44.8 Å². The summed E-state index contributed by atoms with van der Waals surface area (Å²) in [5.41, 5.74) is -0.646. The van der Waals surface area contributed by atoms with Crippen LogP contribution in [0.3, 0.4) is 0 Å². The second kappa shape index (κ2) is 6.95. The molecular formula is C14H19BrN2O4S. The molecule has 1 amide bonds. The second-order valence-corrected chi connectivity index (χ2v) is 8.41. The molecule has 1 aromatic rings. The summed E-state index contributed by atoms with van der Waals surface area (Å²) in [7, 11) is 1.37. The zero-order chi connectivity index (χ0) is 16.3. The average Bonchev–Trinajstić information content (AvgIpc) is 2.76. The minimum absolute atomic E-state index is 0.0265. The van der Waals surface area contributed by atoms with Crippen LogP contribution in [0.2, 0.25) is 0 Å². The van der Waals surface area contributed by atoms with E-state index >= 15 is 0 Å². The molecule has 0 atom stereocenters. The molecule has 0 unspecified atom stereocenters. The maximum Gasteiger partial charge on any atom is 0.407 e. The first kappa shape index (κ1) is 17.2. The third-order valence-corrected chi connectivity index (χ3v) is 4.94. The van der Waals surface area contributed by atoms with Gasteiger partial charge in [0.15, 0.2) is 0 Å². The molecule has 1 aliphatic carbocycles. The van der Waals surface area contributed by atoms with E-state index in [1.54, 1.807) is 6.20 Å². The molecule has 1 aliphatic rings. The summed E-state index contributed by atoms with van der Waals surface area (Å²) in [5.74, 6) is -0.336. The quantitative estimate of drug-likeness (QED) is 0.781. The molecule has 0 aliphatic heterocycles. The van der Waals surface area contributed by atoms with Gasteiger partial charge in [-0.1, -0.05) is 0 Å². The minimum Gasteiger partial charge on any atom is -0.469 e. The number of carbonyl (C=O) groups is 2. The number of rotatable bonds is 5. The molecule has 0 spiro atoms. The molecule has 8 heteroatoms. The molecule has 0 radical (unpaired) electrons. The third-order valence-electron chi connectivity index (χ3n) is 3.47. The van der Waals surface area contributed by atoms with Crippen LogP contribution >= 0.6 is 27.3 Å². The lowest BCUT2D eigenvalue weighted by atomic mass is 9.80. The summed E-state index contributed by atoms with van der Waals surface area (Å²) in [5, 5.41) is 3.68. The van der Waals surface area contributed by atoms with Gasteiger partial charge in [0, 0.05) is 12.5 Å². The van der Waals surface area contributed by atoms with Crippen molar-refractivity contribution in [2.24, 2.45) is 5.92 Å². The number of esters is 1. The van der Waals surface area contributed by atoms with E-state index in [4.69, 9.17) is 4.74 Å². The molecule has 1 fully saturated rings. The molecule has 0 aromatic carbocycles. The lowest BCUT2D eigenvalue weighted by Crippen LogP contribution is -2.48. The Morgan fingerprint density at radius 1 is 1.50 bits per heavy atom. The molecule has 0 bridgehead atoms. The van der Waals surface area contributed by atoms with Crippen molar-refractivity contribution in [1.82, 2.24) is 10.3 Å². The fourth-order valence-corrected chi connectivity index (χ4v) is 3.83. The predicted molar refractivity (Wildman–Crippen MR) is 85.7 cm³/mol. The smallest absolute Gasteiger partial charge is 0.407 e. The molecule has 0 saturated heterocycles. The highest BCUT2D eigenvalue weighted by molar-refractivity contribution is 9.11. The number of carbonyl (C=O) groups excluding carboxylic acids is 2. The van der Waals surface area contributed by atoms with Crippen LogP contribution in [-0.4, -0.2) is 35.8 Å². The molecule has 122 valence electrons. The van der Waals surface area contributed by atoms with Crippen LogP contribution in [0, 0.1) is 5.92 Å². The van der Waals surface area contributed by atoms with Crippen molar-refractivity contribution in [1.29, 1.82) is 0 Å². The van der Waals surface area contributed by atoms with Gasteiger partial charge in [-0.2, -0.15) is 0 Å². The number of aromatic nitrogens is 1. The maximum absolute atomic E-state index is 11.9. The largest absolute Gasteiger partial charge is 0.469 e. The Morgan fingerprint density at radius 2 is 2.18 bits per heavy atom. The molecule has 1 aromatic heterocycles. The fourth-order valence-electron chi connectivity index (χ4n) is 2.31. The van der Waals surface area contributed by atoms with E-state index in [9.17, 15) is 9.59 Å². The van der Waals surface area contributed by atoms with Gasteiger partial charge in [0.25, 0.3) is 0 Å². The van der Waals surface area contributed by atoms with Gasteiger partial charge in [-0.15, -0.1) is 11.3 Å². The number of alkyl carbamates (subject to hydrolysis) is 1. The first-order chi connectivity index (χ1) is 10.3. The average molecular weight is 391 g/mol. The van der Waals surface area contributed by atoms with Gasteiger partial charge in [0.2, 0.25) is 0 Å². The molecular weight excluding hydrogens is 372 g/mol. The summed E-state index contributed by atoms with van der Waals surface area (Å²) < 4.78 is 11.1. The topological polar surface area (TPSA) is 77.5 Å². The van der Waals surface area contributed by atoms with Gasteiger partial charge >= 0.3 is 12.1 Å². The normalized spacial score (nSPS) is 20.9. The standard InChI is InChI=1S/C14H19BrN2O4S/c1-14(2,6-11-16-7-10(15)22-11)21-13(19)17-9-4-8(5-9)12(18)20-3/h7-9H,4-6H2,1-3H3,(H,17,19). The SMILES string of the molecule is COC(=O)C1CC(NC(=O)OC(C)(C)Cc2ncc(Br)s2)C1. The van der Waals surface area contributed by atoms with Crippen molar-refractivity contribution >= 4 is 39.3 Å². The van der Waals surface area contributed by atoms with Gasteiger partial charge in [-0.05, 0) is 42.6 Å². The van der Waals surface area contributed by atoms with Gasteiger partial charge in [-0.3, -0.25) is 4.79 Å². The summed E-state index contributed by atoms with van der Waals surface area (Å²) in [4.78, 5) is 27.5. The molecule has 1 heterocycles. The Hall–Kier alpha value is -1.15. The van der Waals surface area contributed by atoms with Crippen molar-refractivity contribution < 1.29 is 19.1 Å². The van der Waals surface area contributed by atoms with Crippen LogP contribution in [0.25, 0.3) is 0 Å². The van der Waals surface area contributed by atoms with Crippen LogP contribution < -0.4 is 5.32 Å². The first-order valence-corrected chi connectivity index (χ1v) is 8.57.